The van der Waals surface area contributed by atoms with Crippen LogP contribution < -0.4 is 16.6 Å². The Hall–Kier alpha value is -1.47. The number of rotatable bonds is 5. The van der Waals surface area contributed by atoms with Crippen molar-refractivity contribution in [2.75, 3.05) is 37.9 Å². The highest BCUT2D eigenvalue weighted by molar-refractivity contribution is 5.40. The van der Waals surface area contributed by atoms with E-state index in [2.05, 4.69) is 20.7 Å². The van der Waals surface area contributed by atoms with E-state index in [0.29, 0.717) is 6.54 Å². The number of aromatic nitrogens is 2. The van der Waals surface area contributed by atoms with Crippen molar-refractivity contribution in [2.24, 2.45) is 5.84 Å². The molecule has 84 valence electrons. The molecule has 0 bridgehead atoms. The van der Waals surface area contributed by atoms with Crippen molar-refractivity contribution in [1.82, 2.24) is 14.9 Å². The van der Waals surface area contributed by atoms with Crippen LogP contribution in [0.15, 0.2) is 6.20 Å². The zero-order valence-corrected chi connectivity index (χ0v) is 8.79. The minimum Gasteiger partial charge on any atom is -0.366 e. The first-order valence-corrected chi connectivity index (χ1v) is 4.51. The van der Waals surface area contributed by atoms with Crippen LogP contribution >= 0.6 is 0 Å². The first-order valence-electron chi connectivity index (χ1n) is 4.51. The molecule has 0 atom stereocenters. The van der Waals surface area contributed by atoms with Gasteiger partial charge in [0.2, 0.25) is 5.95 Å². The number of nitrogens with zero attached hydrogens (tertiary/aromatic N) is 3. The molecule has 0 aliphatic carbocycles. The van der Waals surface area contributed by atoms with Crippen molar-refractivity contribution in [1.29, 1.82) is 0 Å². The van der Waals surface area contributed by atoms with Crippen LogP contribution in [-0.4, -0.2) is 42.1 Å². The molecule has 1 aromatic heterocycles. The number of nitrogen functional groups attached to an aromatic ring is 1. The third-order valence-corrected chi connectivity index (χ3v) is 1.72. The maximum atomic E-state index is 13.2. The van der Waals surface area contributed by atoms with Gasteiger partial charge in [0.15, 0.2) is 11.6 Å². The van der Waals surface area contributed by atoms with Gasteiger partial charge in [0, 0.05) is 13.1 Å². The van der Waals surface area contributed by atoms with E-state index in [-0.39, 0.29) is 11.8 Å². The van der Waals surface area contributed by atoms with E-state index in [0.717, 1.165) is 12.7 Å². The minimum atomic E-state index is -0.493. The maximum Gasteiger partial charge on any atom is 0.239 e. The number of hydrogen-bond donors (Lipinski definition) is 3. The van der Waals surface area contributed by atoms with Gasteiger partial charge in [0.1, 0.15) is 0 Å². The zero-order chi connectivity index (χ0) is 11.3. The standard InChI is InChI=1S/C8H15FN6/c1-15(2)4-3-11-7-6(9)5-12-8(13-7)14-10/h5H,3-4,10H2,1-2H3,(H2,11,12,13,14). The molecule has 7 heteroatoms. The van der Waals surface area contributed by atoms with Crippen molar-refractivity contribution >= 4 is 11.8 Å². The molecule has 0 aliphatic rings. The Bertz CT molecular complexity index is 316. The predicted molar refractivity (Wildman–Crippen MR) is 56.8 cm³/mol. The lowest BCUT2D eigenvalue weighted by Crippen LogP contribution is -2.22. The number of hydrogen-bond acceptors (Lipinski definition) is 6. The molecule has 4 N–H and O–H groups in total. The van der Waals surface area contributed by atoms with Gasteiger partial charge in [0.05, 0.1) is 6.20 Å². The quantitative estimate of drug-likeness (QED) is 0.468. The van der Waals surface area contributed by atoms with Gasteiger partial charge in [-0.05, 0) is 14.1 Å². The largest absolute Gasteiger partial charge is 0.366 e. The second-order valence-corrected chi connectivity index (χ2v) is 3.26. The van der Waals surface area contributed by atoms with Crippen LogP contribution in [0.2, 0.25) is 0 Å². The second-order valence-electron chi connectivity index (χ2n) is 3.26. The molecule has 0 radical (unpaired) electrons. The molecule has 1 heterocycles. The van der Waals surface area contributed by atoms with Crippen LogP contribution in [0.1, 0.15) is 0 Å². The molecule has 0 fully saturated rings. The summed E-state index contributed by atoms with van der Waals surface area (Å²) < 4.78 is 13.2. The molecule has 0 spiro atoms. The lowest BCUT2D eigenvalue weighted by atomic mass is 10.5. The van der Waals surface area contributed by atoms with E-state index in [1.54, 1.807) is 0 Å². The maximum absolute atomic E-state index is 13.2. The lowest BCUT2D eigenvalue weighted by molar-refractivity contribution is 0.424. The Morgan fingerprint density at radius 1 is 1.53 bits per heavy atom. The topological polar surface area (TPSA) is 79.1 Å². The highest BCUT2D eigenvalue weighted by atomic mass is 19.1. The number of nitrogens with two attached hydrogens (primary N) is 1. The summed E-state index contributed by atoms with van der Waals surface area (Å²) in [5.74, 6) is 4.96. The van der Waals surface area contributed by atoms with E-state index in [1.807, 2.05) is 19.0 Å². The van der Waals surface area contributed by atoms with Crippen LogP contribution in [0.25, 0.3) is 0 Å². The van der Waals surface area contributed by atoms with Gasteiger partial charge in [-0.3, -0.25) is 5.43 Å². The van der Waals surface area contributed by atoms with E-state index in [1.165, 1.54) is 0 Å². The van der Waals surface area contributed by atoms with Gasteiger partial charge in [-0.2, -0.15) is 4.98 Å². The number of likely N-dealkylation sites (N-methyl/N-ethyl adjacent to an activating group) is 1. The summed E-state index contributed by atoms with van der Waals surface area (Å²) in [6, 6.07) is 0. The molecule has 1 aromatic rings. The number of anilines is 2. The average molecular weight is 214 g/mol. The Kier molecular flexibility index (Phi) is 4.19. The molecule has 6 nitrogen and oxygen atoms in total. The first kappa shape index (κ1) is 11.6. The summed E-state index contributed by atoms with van der Waals surface area (Å²) in [5, 5.41) is 2.86. The summed E-state index contributed by atoms with van der Waals surface area (Å²) >= 11 is 0. The van der Waals surface area contributed by atoms with Gasteiger partial charge in [-0.25, -0.2) is 15.2 Å². The molecule has 0 aromatic carbocycles. The highest BCUT2D eigenvalue weighted by Gasteiger charge is 2.05. The van der Waals surface area contributed by atoms with Gasteiger partial charge in [-0.1, -0.05) is 0 Å². The van der Waals surface area contributed by atoms with Gasteiger partial charge >= 0.3 is 0 Å². The second kappa shape index (κ2) is 5.42. The number of halogens is 1. The molecule has 0 saturated carbocycles. The number of hydrazine groups is 1. The summed E-state index contributed by atoms with van der Waals surface area (Å²) in [6.45, 7) is 1.39. The summed E-state index contributed by atoms with van der Waals surface area (Å²) in [4.78, 5) is 9.44. The Morgan fingerprint density at radius 2 is 2.27 bits per heavy atom. The molecular formula is C8H15FN6. The van der Waals surface area contributed by atoms with Crippen molar-refractivity contribution < 1.29 is 4.39 Å². The molecule has 0 saturated heterocycles. The van der Waals surface area contributed by atoms with E-state index in [4.69, 9.17) is 5.84 Å². The average Bonchev–Trinajstić information content (AvgIpc) is 2.20. The SMILES string of the molecule is CN(C)CCNc1nc(NN)ncc1F. The van der Waals surface area contributed by atoms with E-state index < -0.39 is 5.82 Å². The monoisotopic (exact) mass is 214 g/mol. The van der Waals surface area contributed by atoms with Crippen molar-refractivity contribution in [2.45, 2.75) is 0 Å². The fourth-order valence-electron chi connectivity index (χ4n) is 0.959. The van der Waals surface area contributed by atoms with Crippen molar-refractivity contribution in [3.63, 3.8) is 0 Å². The third kappa shape index (κ3) is 3.64. The first-order chi connectivity index (χ1) is 7.13. The Morgan fingerprint density at radius 3 is 2.87 bits per heavy atom. The smallest absolute Gasteiger partial charge is 0.239 e. The normalized spacial score (nSPS) is 10.5. The molecule has 0 amide bonds. The minimum absolute atomic E-state index is 0.153. The van der Waals surface area contributed by atoms with Crippen LogP contribution in [0, 0.1) is 5.82 Å². The van der Waals surface area contributed by atoms with Crippen molar-refractivity contribution in [3.8, 4) is 0 Å². The van der Waals surface area contributed by atoms with E-state index in [9.17, 15) is 4.39 Å². The highest BCUT2D eigenvalue weighted by Crippen LogP contribution is 2.10. The summed E-state index contributed by atoms with van der Waals surface area (Å²) in [6.07, 6.45) is 1.07. The van der Waals surface area contributed by atoms with Gasteiger partial charge < -0.3 is 10.2 Å². The molecule has 0 aliphatic heterocycles. The Balaban J connectivity index is 2.59. The molecule has 0 unspecified atom stereocenters. The summed E-state index contributed by atoms with van der Waals surface area (Å²) in [5.41, 5.74) is 2.25. The zero-order valence-electron chi connectivity index (χ0n) is 8.79. The van der Waals surface area contributed by atoms with Crippen molar-refractivity contribution in [3.05, 3.63) is 12.0 Å². The molecular weight excluding hydrogens is 199 g/mol. The Labute approximate surface area is 87.7 Å². The fourth-order valence-corrected chi connectivity index (χ4v) is 0.959. The molecule has 15 heavy (non-hydrogen) atoms. The fraction of sp³-hybridized carbons (Fsp3) is 0.500. The van der Waals surface area contributed by atoms with Gasteiger partial charge in [0.25, 0.3) is 0 Å². The predicted octanol–water partition coefficient (Wildman–Crippen LogP) is -0.125. The van der Waals surface area contributed by atoms with Crippen LogP contribution in [0.4, 0.5) is 16.2 Å². The number of nitrogens with one attached hydrogen (secondary N) is 2. The van der Waals surface area contributed by atoms with E-state index >= 15 is 0 Å². The van der Waals surface area contributed by atoms with Crippen LogP contribution in [0.3, 0.4) is 0 Å². The van der Waals surface area contributed by atoms with Crippen LogP contribution in [-0.2, 0) is 0 Å². The van der Waals surface area contributed by atoms with Gasteiger partial charge in [-0.15, -0.1) is 0 Å². The third-order valence-electron chi connectivity index (χ3n) is 1.72. The summed E-state index contributed by atoms with van der Waals surface area (Å²) in [7, 11) is 3.87. The molecule has 1 rings (SSSR count). The lowest BCUT2D eigenvalue weighted by Gasteiger charge is -2.11. The van der Waals surface area contributed by atoms with Crippen LogP contribution in [0.5, 0.6) is 0 Å².